The van der Waals surface area contributed by atoms with Crippen molar-refractivity contribution in [2.75, 3.05) is 52.5 Å². The summed E-state index contributed by atoms with van der Waals surface area (Å²) < 4.78 is 32.3. The van der Waals surface area contributed by atoms with Crippen LogP contribution in [0.3, 0.4) is 0 Å². The van der Waals surface area contributed by atoms with Crippen molar-refractivity contribution in [2.45, 2.75) is 57.0 Å². The highest BCUT2D eigenvalue weighted by atomic mass is 32.2. The zero-order valence-corrected chi connectivity index (χ0v) is 23.5. The van der Waals surface area contributed by atoms with E-state index >= 15 is 0 Å². The number of hydrogen-bond acceptors (Lipinski definition) is 13. The van der Waals surface area contributed by atoms with E-state index < -0.39 is 48.8 Å². The van der Waals surface area contributed by atoms with Gasteiger partial charge in [-0.1, -0.05) is 0 Å². The van der Waals surface area contributed by atoms with Crippen LogP contribution in [0.1, 0.15) is 26.3 Å². The van der Waals surface area contributed by atoms with Crippen molar-refractivity contribution in [3.63, 3.8) is 0 Å². The lowest BCUT2D eigenvalue weighted by molar-refractivity contribution is -0.306. The summed E-state index contributed by atoms with van der Waals surface area (Å²) in [6.45, 7) is 6.09. The molecule has 7 atom stereocenters. The van der Waals surface area contributed by atoms with E-state index in [2.05, 4.69) is 0 Å². The zero-order chi connectivity index (χ0) is 28.6. The number of aromatic hydroxyl groups is 1. The largest absolute Gasteiger partial charge is 0.507 e. The molecular weight excluding hydrogens is 534 g/mol. The Labute approximate surface area is 232 Å². The van der Waals surface area contributed by atoms with E-state index in [0.717, 1.165) is 0 Å². The second-order valence-electron chi connectivity index (χ2n) is 9.45. The molecule has 1 fully saturated rings. The Balaban J connectivity index is 1.41. The van der Waals surface area contributed by atoms with E-state index in [4.69, 9.17) is 33.4 Å². The monoisotopic (exact) mass is 573 g/mol. The van der Waals surface area contributed by atoms with E-state index in [1.807, 2.05) is 6.92 Å². The number of nitrogens with zero attached hydrogens (tertiary/aromatic N) is 1. The number of phenols is 1. The average Bonchev–Trinajstić information content (AvgIpc) is 3.32. The quantitative estimate of drug-likeness (QED) is 0.182. The number of carbonyl (C=O) groups excluding carboxylic acids is 1. The maximum absolute atomic E-state index is 12.2. The van der Waals surface area contributed by atoms with Gasteiger partial charge in [0.2, 0.25) is 0 Å². The first-order valence-electron chi connectivity index (χ1n) is 12.8. The molecule has 2 aliphatic rings. The summed E-state index contributed by atoms with van der Waals surface area (Å²) in [4.78, 5) is 16.9. The second kappa shape index (κ2) is 14.6. The number of rotatable bonds is 14. The third kappa shape index (κ3) is 7.82. The molecule has 0 aliphatic carbocycles. The van der Waals surface area contributed by atoms with Gasteiger partial charge in [-0.05, 0) is 32.9 Å². The van der Waals surface area contributed by atoms with Crippen molar-refractivity contribution >= 4 is 22.8 Å². The van der Waals surface area contributed by atoms with Gasteiger partial charge in [0.25, 0.3) is 0 Å². The number of aliphatic hydroxyl groups excluding tert-OH is 3. The molecule has 2 aliphatic heterocycles. The van der Waals surface area contributed by atoms with Crippen LogP contribution in [0, 0.1) is 5.92 Å². The van der Waals surface area contributed by atoms with Crippen LogP contribution in [-0.2, 0) is 28.5 Å². The van der Waals surface area contributed by atoms with Gasteiger partial charge in [-0.3, -0.25) is 9.79 Å². The van der Waals surface area contributed by atoms with Crippen LogP contribution in [0.5, 0.6) is 11.5 Å². The number of phenolic OH excluding ortho intramolecular Hbond substituents is 1. The molecule has 0 saturated carbocycles. The van der Waals surface area contributed by atoms with Gasteiger partial charge < -0.3 is 48.8 Å². The minimum atomic E-state index is -1.23. The number of ether oxygens (including phenoxy) is 6. The summed E-state index contributed by atoms with van der Waals surface area (Å²) in [5, 5.41) is 40.9. The second-order valence-corrected chi connectivity index (χ2v) is 10.4. The number of esters is 1. The first-order chi connectivity index (χ1) is 18.6. The van der Waals surface area contributed by atoms with E-state index in [-0.39, 0.29) is 38.1 Å². The van der Waals surface area contributed by atoms with Crippen molar-refractivity contribution in [1.82, 2.24) is 0 Å². The molecule has 0 amide bonds. The average molecular weight is 574 g/mol. The molecule has 7 unspecified atom stereocenters. The number of aliphatic imine (C=N–C) groups is 1. The molecule has 13 heteroatoms. The van der Waals surface area contributed by atoms with Gasteiger partial charge in [0.05, 0.1) is 44.5 Å². The first-order valence-corrected chi connectivity index (χ1v) is 13.8. The molecule has 4 N–H and O–H groups in total. The number of aliphatic hydroxyl groups is 3. The molecule has 0 aromatic heterocycles. The molecule has 0 bridgehead atoms. The van der Waals surface area contributed by atoms with Crippen molar-refractivity contribution < 1.29 is 53.6 Å². The molecule has 220 valence electrons. The summed E-state index contributed by atoms with van der Waals surface area (Å²) in [5.74, 6) is 0.379. The molecule has 2 heterocycles. The molecule has 1 aromatic rings. The first kappa shape index (κ1) is 31.6. The Morgan fingerprint density at radius 2 is 1.97 bits per heavy atom. The minimum Gasteiger partial charge on any atom is -0.507 e. The van der Waals surface area contributed by atoms with Crippen LogP contribution in [0.15, 0.2) is 23.2 Å². The fourth-order valence-corrected chi connectivity index (χ4v) is 5.53. The molecule has 12 nitrogen and oxygen atoms in total. The van der Waals surface area contributed by atoms with Crippen LogP contribution in [-0.4, -0.2) is 120 Å². The molecule has 0 spiro atoms. The van der Waals surface area contributed by atoms with Crippen molar-refractivity contribution in [3.8, 4) is 11.5 Å². The van der Waals surface area contributed by atoms with Gasteiger partial charge in [-0.15, -0.1) is 11.8 Å². The predicted molar refractivity (Wildman–Crippen MR) is 142 cm³/mol. The Bertz CT molecular complexity index is 979. The Hall–Kier alpha value is -1.97. The number of benzene rings is 1. The number of carbonyl (C=O) groups is 1. The Morgan fingerprint density at radius 3 is 2.64 bits per heavy atom. The van der Waals surface area contributed by atoms with Crippen LogP contribution >= 0.6 is 11.8 Å². The molecule has 0 radical (unpaired) electrons. The van der Waals surface area contributed by atoms with Crippen molar-refractivity contribution in [2.24, 2.45) is 10.9 Å². The highest BCUT2D eigenvalue weighted by molar-refractivity contribution is 8.14. The predicted octanol–water partition coefficient (Wildman–Crippen LogP) is 0.710. The highest BCUT2D eigenvalue weighted by Gasteiger charge is 2.45. The molecule has 1 saturated heterocycles. The number of thioether (sulfide) groups is 1. The van der Waals surface area contributed by atoms with Crippen LogP contribution < -0.4 is 4.74 Å². The lowest BCUT2D eigenvalue weighted by Crippen LogP contribution is -2.59. The van der Waals surface area contributed by atoms with E-state index in [0.29, 0.717) is 28.7 Å². The lowest BCUT2D eigenvalue weighted by atomic mass is 9.89. The Kier molecular flexibility index (Phi) is 11.8. The normalized spacial score (nSPS) is 29.6. The molecule has 1 aromatic carbocycles. The minimum absolute atomic E-state index is 0.0211. The smallest absolute Gasteiger partial charge is 0.311 e. The van der Waals surface area contributed by atoms with E-state index in [1.165, 1.54) is 24.9 Å². The van der Waals surface area contributed by atoms with Crippen LogP contribution in [0.4, 0.5) is 0 Å². The van der Waals surface area contributed by atoms with Gasteiger partial charge in [0.1, 0.15) is 47.6 Å². The third-order valence-electron chi connectivity index (χ3n) is 6.73. The van der Waals surface area contributed by atoms with E-state index in [9.17, 15) is 25.2 Å². The van der Waals surface area contributed by atoms with Crippen LogP contribution in [0.2, 0.25) is 0 Å². The van der Waals surface area contributed by atoms with Crippen LogP contribution in [0.25, 0.3) is 0 Å². The Morgan fingerprint density at radius 1 is 1.23 bits per heavy atom. The number of hydrogen-bond donors (Lipinski definition) is 4. The summed E-state index contributed by atoms with van der Waals surface area (Å²) in [5.41, 5.74) is -0.0528. The summed E-state index contributed by atoms with van der Waals surface area (Å²) in [6.07, 6.45) is -5.37. The summed E-state index contributed by atoms with van der Waals surface area (Å²) in [7, 11) is 1.34. The van der Waals surface area contributed by atoms with Crippen molar-refractivity contribution in [1.29, 1.82) is 0 Å². The molecule has 3 rings (SSSR count). The standard InChI is InChI=1S/C26H39NO11S/c1-5-35-24(32)15(2)26(3)14-39-23(27-26)17-7-6-16(12-18(17)29)36-10-8-34-9-11-37-25-21(31)22(33-4)20(30)19(13-28)38-25/h6-7,12,15,19-22,25,28-31H,5,8-11,13-14H2,1-4H3. The zero-order valence-electron chi connectivity index (χ0n) is 22.6. The molecule has 39 heavy (non-hydrogen) atoms. The SMILES string of the molecule is CCOC(=O)C(C)C1(C)CSC(c2ccc(OCCOCCOC3OC(CO)C(O)C(OC)C3O)cc2O)=N1. The maximum Gasteiger partial charge on any atom is 0.311 e. The highest BCUT2D eigenvalue weighted by Crippen LogP contribution is 2.39. The topological polar surface area (TPSA) is 166 Å². The van der Waals surface area contributed by atoms with Crippen molar-refractivity contribution in [3.05, 3.63) is 23.8 Å². The van der Waals surface area contributed by atoms with Gasteiger partial charge in [0, 0.05) is 24.5 Å². The molecular formula is C26H39NO11S. The summed E-state index contributed by atoms with van der Waals surface area (Å²) >= 11 is 1.48. The fraction of sp³-hybridized carbons (Fsp3) is 0.692. The number of methoxy groups -OCH3 is 1. The van der Waals surface area contributed by atoms with E-state index in [1.54, 1.807) is 26.0 Å². The van der Waals surface area contributed by atoms with Gasteiger partial charge >= 0.3 is 5.97 Å². The lowest BCUT2D eigenvalue weighted by Gasteiger charge is -2.41. The van der Waals surface area contributed by atoms with Gasteiger partial charge in [-0.25, -0.2) is 0 Å². The van der Waals surface area contributed by atoms with Gasteiger partial charge in [-0.2, -0.15) is 0 Å². The maximum atomic E-state index is 12.2. The summed E-state index contributed by atoms with van der Waals surface area (Å²) in [6, 6.07) is 4.96. The van der Waals surface area contributed by atoms with Gasteiger partial charge in [0.15, 0.2) is 6.29 Å². The third-order valence-corrected chi connectivity index (χ3v) is 8.04. The fourth-order valence-electron chi connectivity index (χ4n) is 4.19.